The lowest BCUT2D eigenvalue weighted by molar-refractivity contribution is 0.208. The molecule has 126 valence electrons. The van der Waals surface area contributed by atoms with Gasteiger partial charge in [-0.15, -0.1) is 6.58 Å². The van der Waals surface area contributed by atoms with Crippen molar-refractivity contribution in [2.75, 3.05) is 18.4 Å². The molecule has 0 spiro atoms. The summed E-state index contributed by atoms with van der Waals surface area (Å²) in [6, 6.07) is 8.50. The van der Waals surface area contributed by atoms with Gasteiger partial charge in [-0.2, -0.15) is 0 Å². The van der Waals surface area contributed by atoms with E-state index in [0.717, 1.165) is 49.0 Å². The van der Waals surface area contributed by atoms with Crippen molar-refractivity contribution in [1.82, 2.24) is 14.9 Å². The third kappa shape index (κ3) is 4.79. The highest BCUT2D eigenvalue weighted by atomic mass is 35.5. The van der Waals surface area contributed by atoms with Crippen LogP contribution >= 0.6 is 11.6 Å². The van der Waals surface area contributed by atoms with Crippen molar-refractivity contribution in [2.24, 2.45) is 0 Å². The van der Waals surface area contributed by atoms with Gasteiger partial charge in [-0.25, -0.2) is 4.98 Å². The van der Waals surface area contributed by atoms with Crippen LogP contribution < -0.4 is 5.32 Å². The van der Waals surface area contributed by atoms with Crippen LogP contribution in [0.3, 0.4) is 0 Å². The van der Waals surface area contributed by atoms with Crippen LogP contribution in [0.5, 0.6) is 0 Å². The first-order chi connectivity index (χ1) is 11.7. The minimum absolute atomic E-state index is 0.400. The molecule has 1 N–H and O–H groups in total. The molecule has 0 radical (unpaired) electrons. The number of hydrogen-bond donors (Lipinski definition) is 1. The normalized spacial score (nSPS) is 18.3. The molecule has 1 aliphatic rings. The van der Waals surface area contributed by atoms with E-state index in [-0.39, 0.29) is 0 Å². The molecular weight excluding hydrogens is 320 g/mol. The van der Waals surface area contributed by atoms with Crippen LogP contribution in [0.2, 0.25) is 5.02 Å². The molecule has 1 fully saturated rings. The number of halogens is 1. The maximum Gasteiger partial charge on any atom is 0.144 e. The molecule has 0 unspecified atom stereocenters. The first-order valence-electron chi connectivity index (χ1n) is 8.38. The fourth-order valence-electron chi connectivity index (χ4n) is 3.10. The van der Waals surface area contributed by atoms with E-state index in [2.05, 4.69) is 32.8 Å². The number of hydrogen-bond acceptors (Lipinski definition) is 4. The van der Waals surface area contributed by atoms with Crippen LogP contribution in [-0.4, -0.2) is 34.0 Å². The second-order valence-corrected chi connectivity index (χ2v) is 6.67. The van der Waals surface area contributed by atoms with E-state index in [1.54, 1.807) is 0 Å². The van der Waals surface area contributed by atoms with Gasteiger partial charge in [0.05, 0.1) is 18.1 Å². The molecule has 1 aliphatic heterocycles. The highest BCUT2D eigenvalue weighted by molar-refractivity contribution is 6.30. The monoisotopic (exact) mass is 342 g/mol. The maximum atomic E-state index is 6.08. The Morgan fingerprint density at radius 1 is 1.33 bits per heavy atom. The molecule has 0 saturated carbocycles. The zero-order valence-corrected chi connectivity index (χ0v) is 14.5. The summed E-state index contributed by atoms with van der Waals surface area (Å²) in [7, 11) is 0. The van der Waals surface area contributed by atoms with E-state index in [1.165, 1.54) is 12.0 Å². The quantitative estimate of drug-likeness (QED) is 0.807. The van der Waals surface area contributed by atoms with Crippen LogP contribution in [0.25, 0.3) is 0 Å². The van der Waals surface area contributed by atoms with E-state index in [0.29, 0.717) is 6.04 Å². The second-order valence-electron chi connectivity index (χ2n) is 6.23. The van der Waals surface area contributed by atoms with Crippen molar-refractivity contribution >= 4 is 17.4 Å². The first-order valence-corrected chi connectivity index (χ1v) is 8.76. The number of rotatable bonds is 6. The summed E-state index contributed by atoms with van der Waals surface area (Å²) in [4.78, 5) is 11.3. The van der Waals surface area contributed by atoms with Crippen molar-refractivity contribution in [3.05, 3.63) is 65.6 Å². The lowest BCUT2D eigenvalue weighted by Crippen LogP contribution is -2.41. The van der Waals surface area contributed by atoms with E-state index in [4.69, 9.17) is 11.6 Å². The molecule has 1 aromatic heterocycles. The average molecular weight is 343 g/mol. The predicted octanol–water partition coefficient (Wildman–Crippen LogP) is 3.94. The molecule has 2 aromatic rings. The highest BCUT2D eigenvalue weighted by Crippen LogP contribution is 2.18. The van der Waals surface area contributed by atoms with Gasteiger partial charge >= 0.3 is 0 Å². The summed E-state index contributed by atoms with van der Waals surface area (Å²) < 4.78 is 0. The number of aromatic nitrogens is 2. The molecule has 3 rings (SSSR count). The summed E-state index contributed by atoms with van der Waals surface area (Å²) in [5, 5.41) is 4.31. The topological polar surface area (TPSA) is 41.1 Å². The molecule has 1 aromatic carbocycles. The minimum atomic E-state index is 0.400. The lowest BCUT2D eigenvalue weighted by atomic mass is 10.0. The molecule has 1 atom stereocenters. The Kier molecular flexibility index (Phi) is 5.83. The molecule has 24 heavy (non-hydrogen) atoms. The molecule has 4 nitrogen and oxygen atoms in total. The van der Waals surface area contributed by atoms with Crippen molar-refractivity contribution < 1.29 is 0 Å². The number of nitrogens with zero attached hydrogens (tertiary/aromatic N) is 3. The zero-order chi connectivity index (χ0) is 16.8. The zero-order valence-electron chi connectivity index (χ0n) is 13.8. The first kappa shape index (κ1) is 16.9. The average Bonchev–Trinajstić information content (AvgIpc) is 2.57. The molecule has 0 bridgehead atoms. The third-order valence-corrected chi connectivity index (χ3v) is 4.45. The van der Waals surface area contributed by atoms with Gasteiger partial charge in [-0.3, -0.25) is 9.88 Å². The highest BCUT2D eigenvalue weighted by Gasteiger charge is 2.20. The number of nitrogens with one attached hydrogen (secondary N) is 1. The van der Waals surface area contributed by atoms with Gasteiger partial charge in [-0.1, -0.05) is 29.8 Å². The summed E-state index contributed by atoms with van der Waals surface area (Å²) in [6.45, 7) is 6.78. The fraction of sp³-hybridized carbons (Fsp3) is 0.368. The largest absolute Gasteiger partial charge is 0.365 e. The van der Waals surface area contributed by atoms with Crippen molar-refractivity contribution in [3.8, 4) is 0 Å². The van der Waals surface area contributed by atoms with Crippen LogP contribution in [0.15, 0.2) is 49.3 Å². The van der Waals surface area contributed by atoms with E-state index in [1.807, 2.05) is 36.7 Å². The van der Waals surface area contributed by atoms with Gasteiger partial charge < -0.3 is 5.32 Å². The second kappa shape index (κ2) is 8.27. The van der Waals surface area contributed by atoms with Crippen molar-refractivity contribution in [1.29, 1.82) is 0 Å². The summed E-state index contributed by atoms with van der Waals surface area (Å²) >= 11 is 6.08. The Balaban J connectivity index is 1.56. The smallest absolute Gasteiger partial charge is 0.144 e. The third-order valence-electron chi connectivity index (χ3n) is 4.21. The van der Waals surface area contributed by atoms with Crippen LogP contribution in [-0.2, 0) is 13.0 Å². The van der Waals surface area contributed by atoms with Crippen LogP contribution in [0, 0.1) is 0 Å². The molecule has 2 heterocycles. The molecule has 0 aliphatic carbocycles. The van der Waals surface area contributed by atoms with Gasteiger partial charge in [0.1, 0.15) is 5.82 Å². The number of benzene rings is 1. The van der Waals surface area contributed by atoms with Gasteiger partial charge in [0.15, 0.2) is 0 Å². The predicted molar refractivity (Wildman–Crippen MR) is 99.3 cm³/mol. The Morgan fingerprint density at radius 3 is 3.00 bits per heavy atom. The van der Waals surface area contributed by atoms with Crippen molar-refractivity contribution in [3.63, 3.8) is 0 Å². The number of allylic oxidation sites excluding steroid dienone is 1. The Labute approximate surface area is 148 Å². The maximum absolute atomic E-state index is 6.08. The Bertz CT molecular complexity index is 671. The van der Waals surface area contributed by atoms with Crippen molar-refractivity contribution in [2.45, 2.75) is 31.8 Å². The van der Waals surface area contributed by atoms with E-state index >= 15 is 0 Å². The Hall–Kier alpha value is -1.91. The standard InChI is InChI=1S/C19H23ClN4/c1-2-5-17-11-22-19(12-21-17)23-18-8-4-9-24(14-18)13-15-6-3-7-16(20)10-15/h2-3,6-7,10-12,18H,1,4-5,8-9,13-14H2,(H,22,23)/t18-/m1/s1. The van der Waals surface area contributed by atoms with E-state index in [9.17, 15) is 0 Å². The minimum Gasteiger partial charge on any atom is -0.365 e. The van der Waals surface area contributed by atoms with Gasteiger partial charge in [-0.05, 0) is 37.1 Å². The Morgan fingerprint density at radius 2 is 2.25 bits per heavy atom. The number of anilines is 1. The summed E-state index contributed by atoms with van der Waals surface area (Å²) in [6.07, 6.45) is 8.56. The van der Waals surface area contributed by atoms with Crippen LogP contribution in [0.1, 0.15) is 24.1 Å². The van der Waals surface area contributed by atoms with Gasteiger partial charge in [0, 0.05) is 30.6 Å². The van der Waals surface area contributed by atoms with E-state index < -0.39 is 0 Å². The molecule has 5 heteroatoms. The van der Waals surface area contributed by atoms with Gasteiger partial charge in [0.2, 0.25) is 0 Å². The number of likely N-dealkylation sites (tertiary alicyclic amines) is 1. The molecule has 0 amide bonds. The van der Waals surface area contributed by atoms with Gasteiger partial charge in [0.25, 0.3) is 0 Å². The SMILES string of the molecule is C=CCc1cnc(N[C@@H]2CCCN(Cc3cccc(Cl)c3)C2)cn1. The lowest BCUT2D eigenvalue weighted by Gasteiger charge is -2.33. The van der Waals surface area contributed by atoms with Crippen LogP contribution in [0.4, 0.5) is 5.82 Å². The molecule has 1 saturated heterocycles. The summed E-state index contributed by atoms with van der Waals surface area (Å²) in [5.41, 5.74) is 2.21. The fourth-order valence-corrected chi connectivity index (χ4v) is 3.32. The molecular formula is C19H23ClN4. The summed E-state index contributed by atoms with van der Waals surface area (Å²) in [5.74, 6) is 0.845. The number of piperidine rings is 1.